The summed E-state index contributed by atoms with van der Waals surface area (Å²) >= 11 is 0.780. The average molecular weight is 523 g/mol. The molecule has 1 atom stereocenters. The average Bonchev–Trinajstić information content (AvgIpc) is 2.82. The first-order valence-corrected chi connectivity index (χ1v) is 13.2. The first-order valence-electron chi connectivity index (χ1n) is 12.3. The number of ether oxygens (including phenoxy) is 2. The highest BCUT2D eigenvalue weighted by Gasteiger charge is 2.24. The van der Waals surface area contributed by atoms with E-state index in [0.29, 0.717) is 13.2 Å². The summed E-state index contributed by atoms with van der Waals surface area (Å²) in [6.07, 6.45) is 2.83. The van der Waals surface area contributed by atoms with Gasteiger partial charge in [-0.2, -0.15) is 0 Å². The van der Waals surface area contributed by atoms with Crippen LogP contribution in [0.3, 0.4) is 0 Å². The minimum absolute atomic E-state index is 0.0515. The van der Waals surface area contributed by atoms with Crippen molar-refractivity contribution < 1.29 is 28.7 Å². The molecule has 0 aliphatic carbocycles. The Morgan fingerprint density at radius 3 is 2.61 bits per heavy atom. The summed E-state index contributed by atoms with van der Waals surface area (Å²) in [5.41, 5.74) is 5.94. The normalized spacial score (nSPS) is 13.8. The van der Waals surface area contributed by atoms with Gasteiger partial charge in [-0.25, -0.2) is 4.79 Å². The van der Waals surface area contributed by atoms with Crippen LogP contribution < -0.4 is 21.1 Å². The molecule has 11 heteroatoms. The molecule has 0 spiro atoms. The van der Waals surface area contributed by atoms with Crippen LogP contribution in [0.5, 0.6) is 0 Å². The van der Waals surface area contributed by atoms with Crippen molar-refractivity contribution in [2.75, 3.05) is 30.4 Å². The number of nitrogens with one attached hydrogen (secondary N) is 3. The molecule has 0 bridgehead atoms. The summed E-state index contributed by atoms with van der Waals surface area (Å²) < 4.78 is 10.8. The Morgan fingerprint density at radius 1 is 1.14 bits per heavy atom. The van der Waals surface area contributed by atoms with Gasteiger partial charge >= 0.3 is 6.09 Å². The minimum atomic E-state index is -0.682. The van der Waals surface area contributed by atoms with Crippen molar-refractivity contribution in [1.29, 1.82) is 0 Å². The Morgan fingerprint density at radius 2 is 1.89 bits per heavy atom. The number of benzene rings is 1. The van der Waals surface area contributed by atoms with Crippen LogP contribution in [0, 0.1) is 0 Å². The monoisotopic (exact) mass is 522 g/mol. The molecule has 1 heterocycles. The predicted molar refractivity (Wildman–Crippen MR) is 140 cm³/mol. The van der Waals surface area contributed by atoms with E-state index in [1.165, 1.54) is 0 Å². The maximum atomic E-state index is 12.7. The molecule has 0 saturated carbocycles. The zero-order chi connectivity index (χ0) is 26.6. The van der Waals surface area contributed by atoms with Crippen LogP contribution in [-0.4, -0.2) is 60.3 Å². The molecular formula is C25H38N4O6S. The lowest BCUT2D eigenvalue weighted by atomic mass is 10.0. The van der Waals surface area contributed by atoms with E-state index < -0.39 is 28.9 Å². The van der Waals surface area contributed by atoms with Gasteiger partial charge in [0.25, 0.3) is 5.24 Å². The number of aryl methyl sites for hydroxylation is 1. The van der Waals surface area contributed by atoms with Gasteiger partial charge < -0.3 is 19.7 Å². The fourth-order valence-electron chi connectivity index (χ4n) is 3.53. The molecule has 36 heavy (non-hydrogen) atoms. The highest BCUT2D eigenvalue weighted by Crippen LogP contribution is 2.27. The van der Waals surface area contributed by atoms with Gasteiger partial charge in [-0.1, -0.05) is 43.3 Å². The number of alkyl carbamates (subject to hydrolysis) is 1. The number of hydrogen-bond acceptors (Lipinski definition) is 7. The number of hydrazine groups is 1. The maximum Gasteiger partial charge on any atom is 0.407 e. The van der Waals surface area contributed by atoms with Crippen LogP contribution in [0.2, 0.25) is 0 Å². The van der Waals surface area contributed by atoms with Crippen molar-refractivity contribution in [1.82, 2.24) is 16.2 Å². The summed E-state index contributed by atoms with van der Waals surface area (Å²) in [5, 5.41) is 2.08. The molecule has 0 radical (unpaired) electrons. The lowest BCUT2D eigenvalue weighted by Gasteiger charge is -2.29. The fourth-order valence-corrected chi connectivity index (χ4v) is 4.06. The number of anilines is 1. The van der Waals surface area contributed by atoms with E-state index in [2.05, 4.69) is 16.2 Å². The summed E-state index contributed by atoms with van der Waals surface area (Å²) in [6.45, 7) is 8.51. The zero-order valence-corrected chi connectivity index (χ0v) is 22.4. The van der Waals surface area contributed by atoms with Crippen molar-refractivity contribution in [2.45, 2.75) is 71.4 Å². The third-order valence-corrected chi connectivity index (χ3v) is 5.91. The number of para-hydroxylation sites is 1. The maximum absolute atomic E-state index is 12.7. The van der Waals surface area contributed by atoms with Gasteiger partial charge in [-0.05, 0) is 51.7 Å². The van der Waals surface area contributed by atoms with Crippen LogP contribution in [-0.2, 0) is 25.5 Å². The van der Waals surface area contributed by atoms with Crippen LogP contribution in [0.1, 0.15) is 58.9 Å². The first-order chi connectivity index (χ1) is 17.1. The van der Waals surface area contributed by atoms with E-state index in [9.17, 15) is 19.2 Å². The van der Waals surface area contributed by atoms with Gasteiger partial charge in [0.05, 0.1) is 24.8 Å². The molecule has 0 fully saturated rings. The molecule has 1 aliphatic rings. The lowest BCUT2D eigenvalue weighted by Crippen LogP contribution is -2.47. The van der Waals surface area contributed by atoms with Crippen molar-refractivity contribution in [3.05, 3.63) is 29.8 Å². The number of carbonyl (C=O) groups excluding carboxylic acids is 4. The smallest absolute Gasteiger partial charge is 0.407 e. The Hall–Kier alpha value is -2.79. The fraction of sp³-hybridized carbons (Fsp3) is 0.600. The molecule has 1 aliphatic heterocycles. The quantitative estimate of drug-likeness (QED) is 0.317. The first kappa shape index (κ1) is 29.4. The molecule has 0 unspecified atom stereocenters. The number of hydrogen-bond donors (Lipinski definition) is 3. The van der Waals surface area contributed by atoms with Crippen molar-refractivity contribution in [3.63, 3.8) is 0 Å². The lowest BCUT2D eigenvalue weighted by molar-refractivity contribution is -0.122. The zero-order valence-electron chi connectivity index (χ0n) is 21.6. The highest BCUT2D eigenvalue weighted by molar-refractivity contribution is 8.14. The molecule has 3 N–H and O–H groups in total. The van der Waals surface area contributed by atoms with Crippen molar-refractivity contribution >= 4 is 40.6 Å². The number of thioether (sulfide) groups is 1. The molecule has 1 aromatic carbocycles. The largest absolute Gasteiger partial charge is 0.444 e. The Bertz CT molecular complexity index is 905. The van der Waals surface area contributed by atoms with E-state index in [0.717, 1.165) is 48.7 Å². The van der Waals surface area contributed by atoms with E-state index in [1.54, 1.807) is 25.7 Å². The molecule has 2 rings (SSSR count). The van der Waals surface area contributed by atoms with Gasteiger partial charge in [-0.3, -0.25) is 25.2 Å². The summed E-state index contributed by atoms with van der Waals surface area (Å²) in [6, 6.07) is 7.11. The van der Waals surface area contributed by atoms with Crippen LogP contribution >= 0.6 is 11.8 Å². The van der Waals surface area contributed by atoms with Crippen LogP contribution in [0.4, 0.5) is 15.3 Å². The van der Waals surface area contributed by atoms with E-state index >= 15 is 0 Å². The van der Waals surface area contributed by atoms with Crippen molar-refractivity contribution in [3.8, 4) is 0 Å². The minimum Gasteiger partial charge on any atom is -0.444 e. The van der Waals surface area contributed by atoms with Crippen molar-refractivity contribution in [2.24, 2.45) is 0 Å². The highest BCUT2D eigenvalue weighted by atomic mass is 32.2. The number of rotatable bonds is 10. The van der Waals surface area contributed by atoms with E-state index in [-0.39, 0.29) is 24.7 Å². The predicted octanol–water partition coefficient (Wildman–Crippen LogP) is 3.54. The second-order valence-corrected chi connectivity index (χ2v) is 10.5. The molecule has 4 amide bonds. The number of fused-ring (bicyclic) bond motifs is 1. The molecule has 0 saturated heterocycles. The topological polar surface area (TPSA) is 126 Å². The third-order valence-electron chi connectivity index (χ3n) is 5.16. The Balaban J connectivity index is 1.78. The molecule has 200 valence electrons. The standard InChI is InChI=1S/C25H38N4O6S/c1-5-6-14-34-16-19(26-23(32)35-25(2,3)4)15-21(30)27-28-24(33)36-17-22(31)29-13-9-11-18-10-7-8-12-20(18)29/h7-8,10,12,19H,5-6,9,11,13-17H2,1-4H3,(H,26,32)(H,27,30)(H,28,33)/t19-/m1/s1. The summed E-state index contributed by atoms with van der Waals surface area (Å²) in [5.74, 6) is -0.732. The number of carbonyl (C=O) groups is 4. The number of nitrogens with zero attached hydrogens (tertiary/aromatic N) is 1. The number of amides is 4. The van der Waals surface area contributed by atoms with Crippen LogP contribution in [0.25, 0.3) is 0 Å². The van der Waals surface area contributed by atoms with Crippen LogP contribution in [0.15, 0.2) is 24.3 Å². The van der Waals surface area contributed by atoms with Gasteiger partial charge in [0, 0.05) is 18.8 Å². The summed E-state index contributed by atoms with van der Waals surface area (Å²) in [4.78, 5) is 51.1. The van der Waals surface area contributed by atoms with E-state index in [1.807, 2.05) is 31.2 Å². The summed E-state index contributed by atoms with van der Waals surface area (Å²) in [7, 11) is 0. The second-order valence-electron chi connectivity index (χ2n) is 9.50. The molecular weight excluding hydrogens is 484 g/mol. The number of unbranched alkanes of at least 4 members (excludes halogenated alkanes) is 1. The molecule has 10 nitrogen and oxygen atoms in total. The van der Waals surface area contributed by atoms with Gasteiger partial charge in [0.2, 0.25) is 11.8 Å². The van der Waals surface area contributed by atoms with Gasteiger partial charge in [0.15, 0.2) is 0 Å². The Kier molecular flexibility index (Phi) is 12.0. The third kappa shape index (κ3) is 10.9. The van der Waals surface area contributed by atoms with Gasteiger partial charge in [0.1, 0.15) is 5.60 Å². The van der Waals surface area contributed by atoms with E-state index in [4.69, 9.17) is 9.47 Å². The molecule has 1 aromatic rings. The second kappa shape index (κ2) is 14.7. The Labute approximate surface area is 217 Å². The SMILES string of the molecule is CCCCOC[C@@H](CC(=O)NNC(=O)SCC(=O)N1CCCc2ccccc21)NC(=O)OC(C)(C)C. The molecule has 0 aromatic heterocycles. The van der Waals surface area contributed by atoms with Gasteiger partial charge in [-0.15, -0.1) is 0 Å².